The number of aryl methyl sites for hydroxylation is 1. The van der Waals surface area contributed by atoms with Crippen LogP contribution in [0.1, 0.15) is 11.1 Å². The number of anilines is 2. The summed E-state index contributed by atoms with van der Waals surface area (Å²) in [6, 6.07) is 10.3. The molecule has 0 bridgehead atoms. The third kappa shape index (κ3) is 3.64. The van der Waals surface area contributed by atoms with Gasteiger partial charge in [0.05, 0.1) is 17.6 Å². The lowest BCUT2D eigenvalue weighted by molar-refractivity contribution is 1.14. The Morgan fingerprint density at radius 3 is 2.53 bits per heavy atom. The Morgan fingerprint density at radius 2 is 1.88 bits per heavy atom. The lowest BCUT2D eigenvalue weighted by Crippen LogP contribution is -2.02. The predicted octanol–water partition coefficient (Wildman–Crippen LogP) is 3.01. The Morgan fingerprint density at radius 1 is 1.18 bits per heavy atom. The molecule has 3 nitrogen and oxygen atoms in total. The molecule has 0 spiro atoms. The second-order valence-electron chi connectivity index (χ2n) is 3.80. The van der Waals surface area contributed by atoms with Crippen LogP contribution in [0, 0.1) is 6.92 Å². The number of hydrogen-bond donors (Lipinski definition) is 2. The summed E-state index contributed by atoms with van der Waals surface area (Å²) < 4.78 is 0. The highest BCUT2D eigenvalue weighted by atomic mass is 35.5. The van der Waals surface area contributed by atoms with Gasteiger partial charge in [-0.2, -0.15) is 0 Å². The molecule has 4 heteroatoms. The van der Waals surface area contributed by atoms with E-state index in [1.807, 2.05) is 6.07 Å². The van der Waals surface area contributed by atoms with Gasteiger partial charge in [-0.1, -0.05) is 29.8 Å². The first-order chi connectivity index (χ1) is 7.75. The van der Waals surface area contributed by atoms with Gasteiger partial charge < -0.3 is 11.1 Å². The summed E-state index contributed by atoms with van der Waals surface area (Å²) in [4.78, 5) is 3.95. The summed E-state index contributed by atoms with van der Waals surface area (Å²) in [5, 5.41) is 3.28. The Hall–Kier alpha value is -1.74. The molecule has 2 aromatic rings. The van der Waals surface area contributed by atoms with Crippen molar-refractivity contribution >= 4 is 23.8 Å². The van der Waals surface area contributed by atoms with Gasteiger partial charge in [-0.25, -0.2) is 0 Å². The van der Waals surface area contributed by atoms with Crippen molar-refractivity contribution in [2.75, 3.05) is 11.1 Å². The maximum atomic E-state index is 5.78. The van der Waals surface area contributed by atoms with Crippen LogP contribution in [-0.4, -0.2) is 4.98 Å². The fourth-order valence-corrected chi connectivity index (χ4v) is 1.47. The standard InChI is InChI=1S/C13H15N3.ClH/c1-10-2-4-11(5-3-10)8-16-13-6-7-15-9-12(13)14;/h2-7,9H,8,14H2,1H3,(H,15,16);1H. The molecule has 1 aromatic heterocycles. The van der Waals surface area contributed by atoms with Gasteiger partial charge in [0.15, 0.2) is 0 Å². The number of benzene rings is 1. The molecular weight excluding hydrogens is 234 g/mol. The van der Waals surface area contributed by atoms with Crippen molar-refractivity contribution in [2.45, 2.75) is 13.5 Å². The largest absolute Gasteiger partial charge is 0.396 e. The van der Waals surface area contributed by atoms with Crippen LogP contribution >= 0.6 is 12.4 Å². The molecule has 0 radical (unpaired) electrons. The smallest absolute Gasteiger partial charge is 0.0736 e. The van der Waals surface area contributed by atoms with Crippen LogP contribution in [0.15, 0.2) is 42.7 Å². The van der Waals surface area contributed by atoms with Crippen molar-refractivity contribution in [2.24, 2.45) is 0 Å². The van der Waals surface area contributed by atoms with Crippen LogP contribution in [0.5, 0.6) is 0 Å². The Kier molecular flexibility index (Phi) is 4.79. The quantitative estimate of drug-likeness (QED) is 0.879. The van der Waals surface area contributed by atoms with Crippen LogP contribution in [0.25, 0.3) is 0 Å². The van der Waals surface area contributed by atoms with Crippen LogP contribution in [-0.2, 0) is 6.54 Å². The minimum atomic E-state index is 0. The third-order valence-electron chi connectivity index (χ3n) is 2.46. The van der Waals surface area contributed by atoms with E-state index in [0.29, 0.717) is 5.69 Å². The van der Waals surface area contributed by atoms with E-state index in [0.717, 1.165) is 12.2 Å². The summed E-state index contributed by atoms with van der Waals surface area (Å²) in [7, 11) is 0. The summed E-state index contributed by atoms with van der Waals surface area (Å²) in [6.45, 7) is 2.85. The van der Waals surface area contributed by atoms with E-state index < -0.39 is 0 Å². The van der Waals surface area contributed by atoms with Crippen molar-refractivity contribution in [3.8, 4) is 0 Å². The highest BCUT2D eigenvalue weighted by Gasteiger charge is 1.97. The van der Waals surface area contributed by atoms with Gasteiger partial charge in [0, 0.05) is 12.7 Å². The van der Waals surface area contributed by atoms with Crippen LogP contribution in [0.3, 0.4) is 0 Å². The average Bonchev–Trinajstić information content (AvgIpc) is 2.30. The van der Waals surface area contributed by atoms with Crippen molar-refractivity contribution in [1.29, 1.82) is 0 Å². The second-order valence-corrected chi connectivity index (χ2v) is 3.80. The van der Waals surface area contributed by atoms with E-state index in [2.05, 4.69) is 41.5 Å². The number of pyridine rings is 1. The number of nitrogens with two attached hydrogens (primary N) is 1. The lowest BCUT2D eigenvalue weighted by Gasteiger charge is -2.08. The van der Waals surface area contributed by atoms with E-state index >= 15 is 0 Å². The van der Waals surface area contributed by atoms with Crippen molar-refractivity contribution in [1.82, 2.24) is 4.98 Å². The van der Waals surface area contributed by atoms with Crippen LogP contribution in [0.2, 0.25) is 0 Å². The highest BCUT2D eigenvalue weighted by molar-refractivity contribution is 5.85. The topological polar surface area (TPSA) is 50.9 Å². The number of hydrogen-bond acceptors (Lipinski definition) is 3. The number of nitrogens with zero attached hydrogens (tertiary/aromatic N) is 1. The Labute approximate surface area is 107 Å². The molecule has 1 aromatic carbocycles. The monoisotopic (exact) mass is 249 g/mol. The summed E-state index contributed by atoms with van der Waals surface area (Å²) in [5.41, 5.74) is 9.89. The maximum Gasteiger partial charge on any atom is 0.0736 e. The first kappa shape index (κ1) is 13.3. The maximum absolute atomic E-state index is 5.78. The van der Waals surface area contributed by atoms with Gasteiger partial charge in [0.2, 0.25) is 0 Å². The molecule has 0 aliphatic rings. The van der Waals surface area contributed by atoms with Crippen molar-refractivity contribution in [3.05, 3.63) is 53.9 Å². The number of rotatable bonds is 3. The Bertz CT molecular complexity index is 468. The van der Waals surface area contributed by atoms with Gasteiger partial charge in [0.25, 0.3) is 0 Å². The number of nitrogens with one attached hydrogen (secondary N) is 1. The van der Waals surface area contributed by atoms with E-state index in [4.69, 9.17) is 5.73 Å². The molecule has 2 rings (SSSR count). The zero-order valence-electron chi connectivity index (χ0n) is 9.68. The molecule has 17 heavy (non-hydrogen) atoms. The number of aromatic nitrogens is 1. The van der Waals surface area contributed by atoms with Gasteiger partial charge in [-0.05, 0) is 18.6 Å². The van der Waals surface area contributed by atoms with Crippen LogP contribution < -0.4 is 11.1 Å². The minimum absolute atomic E-state index is 0. The van der Waals surface area contributed by atoms with Crippen molar-refractivity contribution in [3.63, 3.8) is 0 Å². The zero-order valence-corrected chi connectivity index (χ0v) is 10.5. The van der Waals surface area contributed by atoms with Gasteiger partial charge >= 0.3 is 0 Å². The first-order valence-corrected chi connectivity index (χ1v) is 5.24. The fraction of sp³-hybridized carbons (Fsp3) is 0.154. The number of halogens is 1. The zero-order chi connectivity index (χ0) is 11.4. The summed E-state index contributed by atoms with van der Waals surface area (Å²) >= 11 is 0. The van der Waals surface area contributed by atoms with Gasteiger partial charge in [0.1, 0.15) is 0 Å². The fourth-order valence-electron chi connectivity index (χ4n) is 1.47. The van der Waals surface area contributed by atoms with Crippen LogP contribution in [0.4, 0.5) is 11.4 Å². The Balaban J connectivity index is 0.00000144. The SMILES string of the molecule is Cc1ccc(CNc2ccncc2N)cc1.Cl. The molecule has 0 atom stereocenters. The summed E-state index contributed by atoms with van der Waals surface area (Å²) in [5.74, 6) is 0. The molecule has 0 amide bonds. The molecule has 0 unspecified atom stereocenters. The molecular formula is C13H16ClN3. The first-order valence-electron chi connectivity index (χ1n) is 5.24. The van der Waals surface area contributed by atoms with E-state index in [9.17, 15) is 0 Å². The molecule has 0 aliphatic heterocycles. The van der Waals surface area contributed by atoms with E-state index in [1.165, 1.54) is 11.1 Å². The molecule has 0 saturated heterocycles. The normalized spacial score (nSPS) is 9.47. The molecule has 0 fully saturated rings. The molecule has 0 aliphatic carbocycles. The molecule has 3 N–H and O–H groups in total. The van der Waals surface area contributed by atoms with Gasteiger partial charge in [-0.15, -0.1) is 12.4 Å². The predicted molar refractivity (Wildman–Crippen MR) is 74.4 cm³/mol. The average molecular weight is 250 g/mol. The minimum Gasteiger partial charge on any atom is -0.396 e. The summed E-state index contributed by atoms with van der Waals surface area (Å²) in [6.07, 6.45) is 3.38. The van der Waals surface area contributed by atoms with E-state index in [-0.39, 0.29) is 12.4 Å². The molecule has 1 heterocycles. The molecule has 90 valence electrons. The third-order valence-corrected chi connectivity index (χ3v) is 2.46. The highest BCUT2D eigenvalue weighted by Crippen LogP contribution is 2.16. The van der Waals surface area contributed by atoms with E-state index in [1.54, 1.807) is 12.4 Å². The molecule has 0 saturated carbocycles. The lowest BCUT2D eigenvalue weighted by atomic mass is 10.1. The van der Waals surface area contributed by atoms with Gasteiger partial charge in [-0.3, -0.25) is 4.98 Å². The number of nitrogen functional groups attached to an aromatic ring is 1. The van der Waals surface area contributed by atoms with Crippen molar-refractivity contribution < 1.29 is 0 Å². The second kappa shape index (κ2) is 6.11.